The van der Waals surface area contributed by atoms with Crippen molar-refractivity contribution in [2.24, 2.45) is 0 Å². The fourth-order valence-corrected chi connectivity index (χ4v) is 2.89. The highest BCUT2D eigenvalue weighted by Crippen LogP contribution is 2.31. The molecule has 3 rings (SSSR count). The van der Waals surface area contributed by atoms with Crippen molar-refractivity contribution in [3.8, 4) is 11.5 Å². The number of anilines is 2. The summed E-state index contributed by atoms with van der Waals surface area (Å²) in [7, 11) is 3.19. The molecule has 3 aromatic rings. The molecule has 6 heteroatoms. The largest absolute Gasteiger partial charge is 0.493 e. The van der Waals surface area contributed by atoms with Crippen molar-refractivity contribution in [1.82, 2.24) is 10.3 Å². The molecule has 1 heterocycles. The zero-order valence-corrected chi connectivity index (χ0v) is 16.6. The van der Waals surface area contributed by atoms with Gasteiger partial charge in [-0.2, -0.15) is 0 Å². The van der Waals surface area contributed by atoms with Gasteiger partial charge in [-0.3, -0.25) is 4.79 Å². The molecule has 0 saturated carbocycles. The van der Waals surface area contributed by atoms with E-state index >= 15 is 0 Å². The van der Waals surface area contributed by atoms with E-state index in [4.69, 9.17) is 9.47 Å². The average Bonchev–Trinajstić information content (AvgIpc) is 2.72. The van der Waals surface area contributed by atoms with E-state index in [2.05, 4.69) is 15.6 Å². The molecule has 0 spiro atoms. The summed E-state index contributed by atoms with van der Waals surface area (Å²) in [5.74, 6) is 1.74. The van der Waals surface area contributed by atoms with Gasteiger partial charge in [-0.1, -0.05) is 25.1 Å². The zero-order valence-electron chi connectivity index (χ0n) is 16.6. The number of amides is 1. The number of ether oxygens (including phenoxy) is 2. The van der Waals surface area contributed by atoms with Gasteiger partial charge < -0.3 is 20.1 Å². The molecule has 0 aliphatic heterocycles. The molecule has 0 aliphatic rings. The average molecular weight is 379 g/mol. The fraction of sp³-hybridized carbons (Fsp3) is 0.273. The molecule has 2 aromatic carbocycles. The van der Waals surface area contributed by atoms with Crippen molar-refractivity contribution in [2.45, 2.75) is 26.3 Å². The Hall–Kier alpha value is -3.28. The van der Waals surface area contributed by atoms with E-state index in [1.54, 1.807) is 20.3 Å². The van der Waals surface area contributed by atoms with Gasteiger partial charge >= 0.3 is 0 Å². The standard InChI is InChI=1S/C22H25N3O3/c1-5-14(2)23-22(26)17-13-21(25-18-9-7-6-8-16(17)18)24-15-10-11-19(27-3)20(12-15)28-4/h6-14H,5H2,1-4H3,(H,23,26)(H,24,25). The third-order valence-corrected chi connectivity index (χ3v) is 4.61. The zero-order chi connectivity index (χ0) is 20.1. The Bertz CT molecular complexity index is 988. The lowest BCUT2D eigenvalue weighted by atomic mass is 10.1. The number of nitrogens with one attached hydrogen (secondary N) is 2. The molecule has 146 valence electrons. The van der Waals surface area contributed by atoms with Crippen LogP contribution in [0.3, 0.4) is 0 Å². The minimum Gasteiger partial charge on any atom is -0.493 e. The fourth-order valence-electron chi connectivity index (χ4n) is 2.89. The first-order chi connectivity index (χ1) is 13.5. The number of benzene rings is 2. The molecule has 0 fully saturated rings. The predicted octanol–water partition coefficient (Wildman–Crippen LogP) is 4.52. The lowest BCUT2D eigenvalue weighted by Crippen LogP contribution is -2.32. The second-order valence-corrected chi connectivity index (χ2v) is 6.55. The third kappa shape index (κ3) is 4.17. The van der Waals surface area contributed by atoms with Crippen molar-refractivity contribution in [2.75, 3.05) is 19.5 Å². The van der Waals surface area contributed by atoms with Crippen LogP contribution in [0.1, 0.15) is 30.6 Å². The maximum absolute atomic E-state index is 12.8. The molecule has 0 radical (unpaired) electrons. The number of hydrogen-bond donors (Lipinski definition) is 2. The molecule has 2 N–H and O–H groups in total. The van der Waals surface area contributed by atoms with Gasteiger partial charge in [-0.05, 0) is 37.6 Å². The van der Waals surface area contributed by atoms with E-state index in [0.29, 0.717) is 22.9 Å². The number of fused-ring (bicyclic) bond motifs is 1. The van der Waals surface area contributed by atoms with Gasteiger partial charge in [-0.15, -0.1) is 0 Å². The Kier molecular flexibility index (Phi) is 5.99. The first-order valence-electron chi connectivity index (χ1n) is 9.25. The first kappa shape index (κ1) is 19.5. The van der Waals surface area contributed by atoms with E-state index in [-0.39, 0.29) is 11.9 Å². The quantitative estimate of drug-likeness (QED) is 0.631. The van der Waals surface area contributed by atoms with Crippen molar-refractivity contribution in [1.29, 1.82) is 0 Å². The molecule has 1 aromatic heterocycles. The molecule has 1 unspecified atom stereocenters. The SMILES string of the molecule is CCC(C)NC(=O)c1cc(Nc2ccc(OC)c(OC)c2)nc2ccccc12. The number of carbonyl (C=O) groups is 1. The summed E-state index contributed by atoms with van der Waals surface area (Å²) >= 11 is 0. The molecule has 1 atom stereocenters. The number of aromatic nitrogens is 1. The van der Waals surface area contributed by atoms with Gasteiger partial charge in [0.05, 0.1) is 25.3 Å². The molecule has 6 nitrogen and oxygen atoms in total. The smallest absolute Gasteiger partial charge is 0.252 e. The Morgan fingerprint density at radius 3 is 2.54 bits per heavy atom. The number of nitrogens with zero attached hydrogens (tertiary/aromatic N) is 1. The summed E-state index contributed by atoms with van der Waals surface area (Å²) in [5.41, 5.74) is 2.13. The lowest BCUT2D eigenvalue weighted by molar-refractivity contribution is 0.0941. The maximum Gasteiger partial charge on any atom is 0.252 e. The van der Waals surface area contributed by atoms with Gasteiger partial charge in [0.1, 0.15) is 5.82 Å². The van der Waals surface area contributed by atoms with Crippen molar-refractivity contribution >= 4 is 28.3 Å². The molecule has 0 bridgehead atoms. The van der Waals surface area contributed by atoms with Crippen LogP contribution < -0.4 is 20.1 Å². The Labute approximate surface area is 164 Å². The van der Waals surface area contributed by atoms with E-state index < -0.39 is 0 Å². The van der Waals surface area contributed by atoms with Crippen LogP contribution in [-0.2, 0) is 0 Å². The van der Waals surface area contributed by atoms with E-state index in [1.165, 1.54) is 0 Å². The van der Waals surface area contributed by atoms with Crippen LogP contribution in [0.4, 0.5) is 11.5 Å². The monoisotopic (exact) mass is 379 g/mol. The number of hydrogen-bond acceptors (Lipinski definition) is 5. The molecule has 1 amide bonds. The first-order valence-corrected chi connectivity index (χ1v) is 9.25. The van der Waals surface area contributed by atoms with Crippen LogP contribution in [0.25, 0.3) is 10.9 Å². The van der Waals surface area contributed by atoms with Gasteiger partial charge in [0.15, 0.2) is 11.5 Å². The highest BCUT2D eigenvalue weighted by Gasteiger charge is 2.15. The number of carbonyl (C=O) groups excluding carboxylic acids is 1. The van der Waals surface area contributed by atoms with Crippen molar-refractivity contribution in [3.63, 3.8) is 0 Å². The predicted molar refractivity (Wildman–Crippen MR) is 112 cm³/mol. The topological polar surface area (TPSA) is 72.5 Å². The second-order valence-electron chi connectivity index (χ2n) is 6.55. The van der Waals surface area contributed by atoms with Crippen LogP contribution in [0.2, 0.25) is 0 Å². The Balaban J connectivity index is 1.99. The van der Waals surface area contributed by atoms with E-state index in [1.807, 2.05) is 56.3 Å². The lowest BCUT2D eigenvalue weighted by Gasteiger charge is -2.15. The van der Waals surface area contributed by atoms with Crippen LogP contribution in [0, 0.1) is 0 Å². The van der Waals surface area contributed by atoms with Crippen molar-refractivity contribution in [3.05, 3.63) is 54.1 Å². The normalized spacial score (nSPS) is 11.7. The molecular formula is C22H25N3O3. The van der Waals surface area contributed by atoms with Crippen LogP contribution in [-0.4, -0.2) is 31.2 Å². The Morgan fingerprint density at radius 1 is 1.07 bits per heavy atom. The Morgan fingerprint density at radius 2 is 1.82 bits per heavy atom. The number of methoxy groups -OCH3 is 2. The van der Waals surface area contributed by atoms with Gasteiger partial charge in [0.2, 0.25) is 0 Å². The second kappa shape index (κ2) is 8.61. The van der Waals surface area contributed by atoms with E-state index in [0.717, 1.165) is 23.0 Å². The van der Waals surface area contributed by atoms with Crippen molar-refractivity contribution < 1.29 is 14.3 Å². The summed E-state index contributed by atoms with van der Waals surface area (Å²) in [6, 6.07) is 15.0. The van der Waals surface area contributed by atoms with Gasteiger partial charge in [-0.25, -0.2) is 4.98 Å². The summed E-state index contributed by atoms with van der Waals surface area (Å²) in [5, 5.41) is 7.11. The minimum atomic E-state index is -0.108. The number of pyridine rings is 1. The summed E-state index contributed by atoms with van der Waals surface area (Å²) in [6.07, 6.45) is 0.867. The molecule has 28 heavy (non-hydrogen) atoms. The molecule has 0 aliphatic carbocycles. The van der Waals surface area contributed by atoms with Crippen LogP contribution in [0.5, 0.6) is 11.5 Å². The minimum absolute atomic E-state index is 0.0988. The van der Waals surface area contributed by atoms with E-state index in [9.17, 15) is 4.79 Å². The third-order valence-electron chi connectivity index (χ3n) is 4.61. The van der Waals surface area contributed by atoms with Gasteiger partial charge in [0.25, 0.3) is 5.91 Å². The molecular weight excluding hydrogens is 354 g/mol. The summed E-state index contributed by atoms with van der Waals surface area (Å²) in [4.78, 5) is 17.5. The maximum atomic E-state index is 12.8. The summed E-state index contributed by atoms with van der Waals surface area (Å²) < 4.78 is 10.6. The highest BCUT2D eigenvalue weighted by atomic mass is 16.5. The summed E-state index contributed by atoms with van der Waals surface area (Å²) in [6.45, 7) is 4.03. The van der Waals surface area contributed by atoms with Crippen LogP contribution >= 0.6 is 0 Å². The number of rotatable bonds is 7. The van der Waals surface area contributed by atoms with Gasteiger partial charge in [0, 0.05) is 23.2 Å². The highest BCUT2D eigenvalue weighted by molar-refractivity contribution is 6.07. The molecule has 0 saturated heterocycles. The number of para-hydroxylation sites is 1. The van der Waals surface area contributed by atoms with Crippen LogP contribution in [0.15, 0.2) is 48.5 Å².